The van der Waals surface area contributed by atoms with Crippen molar-refractivity contribution in [2.75, 3.05) is 13.7 Å². The van der Waals surface area contributed by atoms with E-state index in [0.717, 1.165) is 12.5 Å². The summed E-state index contributed by atoms with van der Waals surface area (Å²) >= 11 is 0. The Balaban J connectivity index is 0.000000371. The van der Waals surface area contributed by atoms with Gasteiger partial charge in [0.1, 0.15) is 13.7 Å². The first-order valence-electron chi connectivity index (χ1n) is 4.49. The fourth-order valence-corrected chi connectivity index (χ4v) is 1.45. The van der Waals surface area contributed by atoms with Crippen LogP contribution >= 0.6 is 0 Å². The average molecular weight is 145 g/mol. The molecular weight excluding hydrogens is 124 g/mol. The summed E-state index contributed by atoms with van der Waals surface area (Å²) in [6.07, 6.45) is 5.75. The average Bonchev–Trinajstić information content (AvgIpc) is 2.46. The first kappa shape index (κ1) is 9.96. The highest BCUT2D eigenvalue weighted by Crippen LogP contribution is 2.23. The van der Waals surface area contributed by atoms with Gasteiger partial charge in [-0.3, -0.25) is 0 Å². The van der Waals surface area contributed by atoms with Gasteiger partial charge in [0.05, 0.1) is 0 Å². The minimum absolute atomic E-state index is 0.944. The molecule has 0 bridgehead atoms. The second kappa shape index (κ2) is 7.07. The summed E-state index contributed by atoms with van der Waals surface area (Å²) < 4.78 is 4.12. The Morgan fingerprint density at radius 1 is 1.20 bits per heavy atom. The van der Waals surface area contributed by atoms with E-state index in [1.54, 1.807) is 0 Å². The van der Waals surface area contributed by atoms with Gasteiger partial charge in [-0.25, -0.2) is 0 Å². The zero-order valence-electron chi connectivity index (χ0n) is 7.56. The second-order valence-electron chi connectivity index (χ2n) is 2.65. The van der Waals surface area contributed by atoms with Crippen molar-refractivity contribution in [3.8, 4) is 0 Å². The topological polar surface area (TPSA) is 12.8 Å². The van der Waals surface area contributed by atoms with Crippen LogP contribution in [0.5, 0.6) is 0 Å². The van der Waals surface area contributed by atoms with Crippen LogP contribution in [0.3, 0.4) is 0 Å². The molecule has 1 aliphatic carbocycles. The van der Waals surface area contributed by atoms with Crippen LogP contribution < -0.4 is 0 Å². The van der Waals surface area contributed by atoms with Crippen LogP contribution in [0.25, 0.3) is 0 Å². The molecule has 1 saturated carbocycles. The monoisotopic (exact) mass is 145 g/mol. The van der Waals surface area contributed by atoms with Gasteiger partial charge >= 0.3 is 0 Å². The van der Waals surface area contributed by atoms with E-state index in [0.29, 0.717) is 0 Å². The molecule has 0 aromatic heterocycles. The maximum absolute atomic E-state index is 4.12. The van der Waals surface area contributed by atoms with Crippen LogP contribution in [0, 0.1) is 5.92 Å². The van der Waals surface area contributed by atoms with Gasteiger partial charge in [0, 0.05) is 5.92 Å². The van der Waals surface area contributed by atoms with E-state index in [1.807, 2.05) is 21.0 Å². The van der Waals surface area contributed by atoms with E-state index in [9.17, 15) is 0 Å². The second-order valence-corrected chi connectivity index (χ2v) is 2.65. The number of hydrogen-bond acceptors (Lipinski definition) is 0. The highest BCUT2D eigenvalue weighted by Gasteiger charge is 2.15. The van der Waals surface area contributed by atoms with Crippen LogP contribution in [0.2, 0.25) is 0 Å². The highest BCUT2D eigenvalue weighted by atomic mass is 16.5. The van der Waals surface area contributed by atoms with Gasteiger partial charge in [-0.05, 0) is 12.8 Å². The van der Waals surface area contributed by atoms with E-state index < -0.39 is 0 Å². The van der Waals surface area contributed by atoms with E-state index in [4.69, 9.17) is 0 Å². The first-order chi connectivity index (χ1) is 4.93. The predicted molar refractivity (Wildman–Crippen MR) is 46.3 cm³/mol. The van der Waals surface area contributed by atoms with Crippen molar-refractivity contribution in [3.63, 3.8) is 0 Å². The standard InChI is InChI=1S/C7H14O.C2H6/c1-8-6-7-4-2-3-5-7;1-2/h7H,2-6H2,1H3;1-2H3/p+1. The third kappa shape index (κ3) is 3.89. The molecule has 0 aliphatic heterocycles. The zero-order valence-corrected chi connectivity index (χ0v) is 7.56. The summed E-state index contributed by atoms with van der Waals surface area (Å²) in [5.41, 5.74) is 0. The molecule has 0 aromatic rings. The molecule has 1 nitrogen and oxygen atoms in total. The van der Waals surface area contributed by atoms with Gasteiger partial charge in [0.25, 0.3) is 0 Å². The summed E-state index contributed by atoms with van der Waals surface area (Å²) in [7, 11) is 1.92. The Labute approximate surface area is 64.8 Å². The van der Waals surface area contributed by atoms with Crippen molar-refractivity contribution in [3.05, 3.63) is 0 Å². The molecule has 0 aromatic carbocycles. The quantitative estimate of drug-likeness (QED) is 0.529. The van der Waals surface area contributed by atoms with Crippen molar-refractivity contribution in [2.45, 2.75) is 39.5 Å². The summed E-state index contributed by atoms with van der Waals surface area (Å²) in [4.78, 5) is 0. The molecule has 0 unspecified atom stereocenters. The lowest BCUT2D eigenvalue weighted by atomic mass is 10.1. The van der Waals surface area contributed by atoms with Gasteiger partial charge in [-0.1, -0.05) is 26.7 Å². The smallest absolute Gasteiger partial charge is 0.147 e. The fraction of sp³-hybridized carbons (Fsp3) is 1.00. The van der Waals surface area contributed by atoms with E-state index in [-0.39, 0.29) is 0 Å². The molecule has 1 heteroatoms. The Morgan fingerprint density at radius 2 is 1.70 bits per heavy atom. The Morgan fingerprint density at radius 3 is 2.10 bits per heavy atom. The number of aliphatic hydroxyl groups is 2. The molecule has 1 N–H and O–H groups in total. The Kier molecular flexibility index (Phi) is 7.04. The lowest BCUT2D eigenvalue weighted by Gasteiger charge is -2.01. The molecular formula is C9H21O+. The third-order valence-corrected chi connectivity index (χ3v) is 1.92. The number of ether oxygens (including phenoxy) is 1. The van der Waals surface area contributed by atoms with Gasteiger partial charge in [-0.15, -0.1) is 0 Å². The van der Waals surface area contributed by atoms with Crippen molar-refractivity contribution in [1.29, 1.82) is 0 Å². The van der Waals surface area contributed by atoms with E-state index >= 15 is 0 Å². The highest BCUT2D eigenvalue weighted by molar-refractivity contribution is 4.65. The molecule has 0 amide bonds. The third-order valence-electron chi connectivity index (χ3n) is 1.92. The van der Waals surface area contributed by atoms with Crippen LogP contribution in [0.15, 0.2) is 0 Å². The lowest BCUT2D eigenvalue weighted by molar-refractivity contribution is -0.01000. The summed E-state index contributed by atoms with van der Waals surface area (Å²) in [6, 6.07) is 0. The van der Waals surface area contributed by atoms with Gasteiger partial charge in [-0.2, -0.15) is 0 Å². The molecule has 0 saturated heterocycles. The van der Waals surface area contributed by atoms with Crippen LogP contribution in [0.4, 0.5) is 0 Å². The van der Waals surface area contributed by atoms with Gasteiger partial charge in [0.15, 0.2) is 0 Å². The summed E-state index contributed by atoms with van der Waals surface area (Å²) in [6.45, 7) is 5.11. The van der Waals surface area contributed by atoms with Gasteiger partial charge < -0.3 is 4.74 Å². The van der Waals surface area contributed by atoms with E-state index in [2.05, 4.69) is 4.74 Å². The molecule has 62 valence electrons. The minimum atomic E-state index is 0.944. The van der Waals surface area contributed by atoms with Crippen molar-refractivity contribution < 1.29 is 4.74 Å². The lowest BCUT2D eigenvalue weighted by Crippen LogP contribution is -2.05. The van der Waals surface area contributed by atoms with Crippen LogP contribution in [-0.2, 0) is 0 Å². The molecule has 0 spiro atoms. The first-order valence-corrected chi connectivity index (χ1v) is 4.49. The summed E-state index contributed by atoms with van der Waals surface area (Å²) in [5, 5.41) is 0. The van der Waals surface area contributed by atoms with Crippen molar-refractivity contribution in [2.24, 2.45) is 5.92 Å². The minimum Gasteiger partial charge on any atom is -0.436 e. The molecule has 1 aliphatic rings. The van der Waals surface area contributed by atoms with E-state index in [1.165, 1.54) is 25.7 Å². The van der Waals surface area contributed by atoms with Crippen LogP contribution in [0.1, 0.15) is 39.5 Å². The molecule has 0 heterocycles. The molecule has 0 atom stereocenters. The SMILES string of the molecule is CC.C[OH+]CC1CCCC1. The van der Waals surface area contributed by atoms with Gasteiger partial charge in [0.2, 0.25) is 0 Å². The summed E-state index contributed by atoms with van der Waals surface area (Å²) in [5.74, 6) is 0.944. The maximum atomic E-state index is 4.12. The fourth-order valence-electron chi connectivity index (χ4n) is 1.45. The zero-order chi connectivity index (χ0) is 7.82. The number of hydrogen-bond donors (Lipinski definition) is 0. The maximum Gasteiger partial charge on any atom is 0.147 e. The molecule has 10 heavy (non-hydrogen) atoms. The molecule has 1 rings (SSSR count). The largest absolute Gasteiger partial charge is 0.436 e. The Bertz CT molecular complexity index is 55.7. The normalized spacial score (nSPS) is 18.3. The molecule has 1 fully saturated rings. The number of rotatable bonds is 2. The van der Waals surface area contributed by atoms with Crippen LogP contribution in [-0.4, -0.2) is 18.5 Å². The Hall–Kier alpha value is -0.0400. The van der Waals surface area contributed by atoms with Crippen molar-refractivity contribution in [1.82, 2.24) is 0 Å². The van der Waals surface area contributed by atoms with Crippen molar-refractivity contribution >= 4 is 0 Å². The predicted octanol–water partition coefficient (Wildman–Crippen LogP) is 2.36. The molecule has 0 radical (unpaired) electrons.